The van der Waals surface area contributed by atoms with Crippen LogP contribution in [0.4, 0.5) is 5.95 Å². The van der Waals surface area contributed by atoms with Crippen molar-refractivity contribution in [3.8, 4) is 0 Å². The lowest BCUT2D eigenvalue weighted by molar-refractivity contribution is 0.836. The minimum atomic E-state index is -1.64. The van der Waals surface area contributed by atoms with Gasteiger partial charge < -0.3 is 5.73 Å². The highest BCUT2D eigenvalue weighted by atomic mass is 35.6. The third-order valence-electron chi connectivity index (χ3n) is 1.87. The van der Waals surface area contributed by atoms with Crippen LogP contribution in [0.3, 0.4) is 0 Å². The zero-order chi connectivity index (χ0) is 10.3. The van der Waals surface area contributed by atoms with E-state index in [1.807, 2.05) is 0 Å². The Morgan fingerprint density at radius 1 is 1.14 bits per heavy atom. The second-order valence-electron chi connectivity index (χ2n) is 3.15. The van der Waals surface area contributed by atoms with E-state index >= 15 is 0 Å². The fourth-order valence-corrected chi connectivity index (χ4v) is 1.31. The number of nitrogens with zero attached hydrogens (tertiary/aromatic N) is 3. The summed E-state index contributed by atoms with van der Waals surface area (Å²) in [6, 6.07) is 0. The van der Waals surface area contributed by atoms with Crippen LogP contribution >= 0.6 is 34.8 Å². The first-order valence-electron chi connectivity index (χ1n) is 4.05. The summed E-state index contributed by atoms with van der Waals surface area (Å²) < 4.78 is -1.64. The molecule has 0 unspecified atom stereocenters. The van der Waals surface area contributed by atoms with Gasteiger partial charge >= 0.3 is 0 Å². The van der Waals surface area contributed by atoms with Crippen molar-refractivity contribution in [2.24, 2.45) is 0 Å². The number of alkyl halides is 3. The first-order chi connectivity index (χ1) is 6.47. The standard InChI is InChI=1S/C7H7Cl3N4/c8-7(9,10)5-12-4(3-1-2-3)13-6(11)14-5/h3H,1-2H2,(H2,11,12,13,14). The summed E-state index contributed by atoms with van der Waals surface area (Å²) in [6.45, 7) is 0. The fraction of sp³-hybridized carbons (Fsp3) is 0.571. The van der Waals surface area contributed by atoms with E-state index in [-0.39, 0.29) is 11.8 Å². The van der Waals surface area contributed by atoms with Crippen LogP contribution in [0.1, 0.15) is 30.4 Å². The first-order valence-corrected chi connectivity index (χ1v) is 5.19. The highest BCUT2D eigenvalue weighted by Crippen LogP contribution is 2.40. The van der Waals surface area contributed by atoms with Gasteiger partial charge in [-0.25, -0.2) is 4.98 Å². The molecule has 1 heterocycles. The smallest absolute Gasteiger partial charge is 0.250 e. The van der Waals surface area contributed by atoms with E-state index in [9.17, 15) is 0 Å². The molecule has 4 nitrogen and oxygen atoms in total. The Labute approximate surface area is 95.8 Å². The lowest BCUT2D eigenvalue weighted by Gasteiger charge is -2.10. The summed E-state index contributed by atoms with van der Waals surface area (Å²) in [5.41, 5.74) is 5.48. The van der Waals surface area contributed by atoms with E-state index in [1.165, 1.54) is 0 Å². The van der Waals surface area contributed by atoms with Gasteiger partial charge in [0.25, 0.3) is 0 Å². The van der Waals surface area contributed by atoms with Gasteiger partial charge in [-0.1, -0.05) is 34.8 Å². The highest BCUT2D eigenvalue weighted by Gasteiger charge is 2.32. The van der Waals surface area contributed by atoms with E-state index < -0.39 is 3.79 Å². The molecule has 0 amide bonds. The van der Waals surface area contributed by atoms with Crippen molar-refractivity contribution in [1.29, 1.82) is 0 Å². The van der Waals surface area contributed by atoms with Crippen LogP contribution in [-0.4, -0.2) is 15.0 Å². The van der Waals surface area contributed by atoms with E-state index in [2.05, 4.69) is 15.0 Å². The Morgan fingerprint density at radius 2 is 1.79 bits per heavy atom. The van der Waals surface area contributed by atoms with Crippen LogP contribution in [0.15, 0.2) is 0 Å². The molecule has 1 aromatic rings. The van der Waals surface area contributed by atoms with Crippen LogP contribution in [0.2, 0.25) is 0 Å². The molecule has 2 rings (SSSR count). The van der Waals surface area contributed by atoms with Crippen molar-refractivity contribution in [3.63, 3.8) is 0 Å². The molecule has 0 aliphatic heterocycles. The van der Waals surface area contributed by atoms with Crippen molar-refractivity contribution in [2.75, 3.05) is 5.73 Å². The number of hydrogen-bond acceptors (Lipinski definition) is 4. The number of aromatic nitrogens is 3. The Bertz CT molecular complexity index is 358. The van der Waals surface area contributed by atoms with E-state index in [0.717, 1.165) is 12.8 Å². The first kappa shape index (κ1) is 10.2. The van der Waals surface area contributed by atoms with Crippen LogP contribution in [0, 0.1) is 0 Å². The highest BCUT2D eigenvalue weighted by molar-refractivity contribution is 6.66. The maximum absolute atomic E-state index is 5.65. The molecule has 1 saturated carbocycles. The number of nitrogen functional groups attached to an aromatic ring is 1. The maximum Gasteiger partial charge on any atom is 0.250 e. The van der Waals surface area contributed by atoms with Crippen molar-refractivity contribution >= 4 is 40.8 Å². The number of rotatable bonds is 1. The molecule has 1 aromatic heterocycles. The van der Waals surface area contributed by atoms with Crippen LogP contribution in [0.5, 0.6) is 0 Å². The topological polar surface area (TPSA) is 64.7 Å². The van der Waals surface area contributed by atoms with E-state index in [4.69, 9.17) is 40.5 Å². The summed E-state index contributed by atoms with van der Waals surface area (Å²) in [6.07, 6.45) is 2.12. The summed E-state index contributed by atoms with van der Waals surface area (Å²) >= 11 is 17.0. The zero-order valence-electron chi connectivity index (χ0n) is 7.04. The normalized spacial score (nSPS) is 17.1. The number of halogens is 3. The maximum atomic E-state index is 5.65. The van der Waals surface area contributed by atoms with Crippen LogP contribution < -0.4 is 5.73 Å². The van der Waals surface area contributed by atoms with Gasteiger partial charge in [0.05, 0.1) is 0 Å². The van der Waals surface area contributed by atoms with Gasteiger partial charge in [0.1, 0.15) is 5.82 Å². The Morgan fingerprint density at radius 3 is 2.29 bits per heavy atom. The third kappa shape index (κ3) is 2.19. The monoisotopic (exact) mass is 252 g/mol. The molecular weight excluding hydrogens is 246 g/mol. The van der Waals surface area contributed by atoms with Crippen LogP contribution in [0.25, 0.3) is 0 Å². The third-order valence-corrected chi connectivity index (χ3v) is 2.37. The molecule has 1 fully saturated rings. The molecule has 0 radical (unpaired) electrons. The fourth-order valence-electron chi connectivity index (χ4n) is 1.06. The molecule has 76 valence electrons. The molecule has 1 aliphatic rings. The molecule has 1 aliphatic carbocycles. The molecular formula is C7H7Cl3N4. The zero-order valence-corrected chi connectivity index (χ0v) is 9.31. The predicted octanol–water partition coefficient (Wildman–Crippen LogP) is 2.16. The molecule has 2 N–H and O–H groups in total. The van der Waals surface area contributed by atoms with E-state index in [0.29, 0.717) is 11.7 Å². The van der Waals surface area contributed by atoms with E-state index in [1.54, 1.807) is 0 Å². The average Bonchev–Trinajstić information content (AvgIpc) is 2.83. The summed E-state index contributed by atoms with van der Waals surface area (Å²) in [4.78, 5) is 11.8. The molecule has 0 bridgehead atoms. The lowest BCUT2D eigenvalue weighted by atomic mass is 10.4. The Balaban J connectivity index is 2.41. The quantitative estimate of drug-likeness (QED) is 0.779. The Kier molecular flexibility index (Phi) is 2.45. The minimum absolute atomic E-state index is 0.0944. The predicted molar refractivity (Wildman–Crippen MR) is 55.5 cm³/mol. The van der Waals surface area contributed by atoms with Gasteiger partial charge in [-0.2, -0.15) is 9.97 Å². The minimum Gasteiger partial charge on any atom is -0.368 e. The molecule has 7 heteroatoms. The summed E-state index contributed by atoms with van der Waals surface area (Å²) in [7, 11) is 0. The average molecular weight is 254 g/mol. The van der Waals surface area contributed by atoms with Crippen molar-refractivity contribution in [2.45, 2.75) is 22.6 Å². The number of anilines is 1. The number of nitrogens with two attached hydrogens (primary N) is 1. The molecule has 0 spiro atoms. The SMILES string of the molecule is Nc1nc(C2CC2)nc(C(Cl)(Cl)Cl)n1. The van der Waals surface area contributed by atoms with Gasteiger partial charge in [-0.3, -0.25) is 0 Å². The van der Waals surface area contributed by atoms with Crippen molar-refractivity contribution in [3.05, 3.63) is 11.6 Å². The lowest BCUT2D eigenvalue weighted by Crippen LogP contribution is -2.13. The second kappa shape index (κ2) is 3.36. The molecule has 0 aromatic carbocycles. The number of hydrogen-bond donors (Lipinski definition) is 1. The van der Waals surface area contributed by atoms with Crippen molar-refractivity contribution < 1.29 is 0 Å². The van der Waals surface area contributed by atoms with Crippen molar-refractivity contribution in [1.82, 2.24) is 15.0 Å². The van der Waals surface area contributed by atoms with Crippen LogP contribution in [-0.2, 0) is 3.79 Å². The molecule has 0 saturated heterocycles. The second-order valence-corrected chi connectivity index (χ2v) is 5.43. The molecule has 14 heavy (non-hydrogen) atoms. The summed E-state index contributed by atoms with van der Waals surface area (Å²) in [5.74, 6) is 1.17. The Hall–Kier alpha value is -0.320. The molecule has 0 atom stereocenters. The van der Waals surface area contributed by atoms with Gasteiger partial charge in [0.2, 0.25) is 9.74 Å². The van der Waals surface area contributed by atoms with Gasteiger partial charge in [0.15, 0.2) is 5.82 Å². The van der Waals surface area contributed by atoms with Gasteiger partial charge in [0, 0.05) is 5.92 Å². The van der Waals surface area contributed by atoms with Gasteiger partial charge in [-0.15, -0.1) is 0 Å². The largest absolute Gasteiger partial charge is 0.368 e. The summed E-state index contributed by atoms with van der Waals surface area (Å²) in [5, 5.41) is 0. The van der Waals surface area contributed by atoms with Gasteiger partial charge in [-0.05, 0) is 12.8 Å².